The third kappa shape index (κ3) is 8.20. The van der Waals surface area contributed by atoms with E-state index in [2.05, 4.69) is 0 Å². The minimum atomic E-state index is -1.03. The highest BCUT2D eigenvalue weighted by Crippen LogP contribution is 2.30. The van der Waals surface area contributed by atoms with Gasteiger partial charge < -0.3 is 29.4 Å². The molecule has 0 saturated heterocycles. The van der Waals surface area contributed by atoms with Gasteiger partial charge in [-0.15, -0.1) is 0 Å². The second kappa shape index (κ2) is 13.1. The van der Waals surface area contributed by atoms with Crippen molar-refractivity contribution in [2.75, 3.05) is 25.6 Å². The fourth-order valence-electron chi connectivity index (χ4n) is 2.58. The summed E-state index contributed by atoms with van der Waals surface area (Å²) >= 11 is 0. The Morgan fingerprint density at radius 2 is 1.53 bits per heavy atom. The zero-order chi connectivity index (χ0) is 24.9. The van der Waals surface area contributed by atoms with Crippen molar-refractivity contribution < 1.29 is 38.1 Å². The van der Waals surface area contributed by atoms with Gasteiger partial charge in [0.2, 0.25) is 0 Å². The number of nitrogens with zero attached hydrogens (tertiary/aromatic N) is 1. The van der Waals surface area contributed by atoms with Crippen LogP contribution in [0.2, 0.25) is 0 Å². The van der Waals surface area contributed by atoms with Crippen LogP contribution in [0.5, 0.6) is 11.5 Å². The monoisotopic (exact) mass is 468 g/mol. The smallest absolute Gasteiger partial charge is 0.461 e. The zero-order valence-electron chi connectivity index (χ0n) is 18.7. The Labute approximate surface area is 196 Å². The summed E-state index contributed by atoms with van der Waals surface area (Å²) in [5.74, 6) is -1.11. The summed E-state index contributed by atoms with van der Waals surface area (Å²) in [6.07, 6.45) is -0.332. The molecular formula is C24H24N2O8. The fourth-order valence-corrected chi connectivity index (χ4v) is 2.58. The van der Waals surface area contributed by atoms with Crippen LogP contribution in [0, 0.1) is 11.3 Å². The fraction of sp³-hybridized carbons (Fsp3) is 0.250. The predicted molar refractivity (Wildman–Crippen MR) is 121 cm³/mol. The molecule has 10 heteroatoms. The zero-order valence-corrected chi connectivity index (χ0v) is 18.7. The van der Waals surface area contributed by atoms with E-state index >= 15 is 0 Å². The first kappa shape index (κ1) is 25.7. The minimum Gasteiger partial charge on any atom is -0.461 e. The van der Waals surface area contributed by atoms with E-state index in [-0.39, 0.29) is 36.9 Å². The number of carbonyl (C=O) groups excluding carboxylic acids is 3. The molecule has 0 aromatic heterocycles. The molecule has 0 aliphatic rings. The number of nitrogen functional groups attached to an aromatic ring is 1. The van der Waals surface area contributed by atoms with E-state index in [1.54, 1.807) is 32.0 Å². The van der Waals surface area contributed by atoms with E-state index in [0.717, 1.165) is 5.56 Å². The molecule has 178 valence electrons. The molecule has 0 unspecified atom stereocenters. The van der Waals surface area contributed by atoms with Crippen molar-refractivity contribution in [3.63, 3.8) is 0 Å². The third-order valence-corrected chi connectivity index (χ3v) is 4.13. The largest absolute Gasteiger partial charge is 0.513 e. The summed E-state index contributed by atoms with van der Waals surface area (Å²) in [6.45, 7) is 3.40. The number of nitriles is 1. The van der Waals surface area contributed by atoms with E-state index in [4.69, 9.17) is 29.4 Å². The van der Waals surface area contributed by atoms with E-state index in [1.807, 2.05) is 12.1 Å². The molecule has 34 heavy (non-hydrogen) atoms. The summed E-state index contributed by atoms with van der Waals surface area (Å²) in [6, 6.07) is 13.0. The van der Waals surface area contributed by atoms with Crippen LogP contribution < -0.4 is 15.2 Å². The maximum atomic E-state index is 12.3. The molecule has 0 amide bonds. The molecule has 2 aromatic rings. The van der Waals surface area contributed by atoms with Gasteiger partial charge in [0.1, 0.15) is 11.6 Å². The van der Waals surface area contributed by atoms with Crippen molar-refractivity contribution in [2.45, 2.75) is 20.3 Å². The molecule has 0 aliphatic heterocycles. The van der Waals surface area contributed by atoms with E-state index in [9.17, 15) is 19.6 Å². The minimum absolute atomic E-state index is 0.0608. The second-order valence-corrected chi connectivity index (χ2v) is 6.57. The van der Waals surface area contributed by atoms with Gasteiger partial charge in [-0.1, -0.05) is 18.2 Å². The number of nitrogens with two attached hydrogens (primary N) is 1. The molecule has 0 fully saturated rings. The van der Waals surface area contributed by atoms with Crippen molar-refractivity contribution in [3.05, 3.63) is 59.2 Å². The Morgan fingerprint density at radius 1 is 0.912 bits per heavy atom. The van der Waals surface area contributed by atoms with Crippen molar-refractivity contribution in [1.82, 2.24) is 0 Å². The Morgan fingerprint density at radius 3 is 2.12 bits per heavy atom. The number of rotatable bonds is 9. The van der Waals surface area contributed by atoms with Crippen molar-refractivity contribution in [2.24, 2.45) is 0 Å². The average Bonchev–Trinajstić information content (AvgIpc) is 2.80. The lowest BCUT2D eigenvalue weighted by Crippen LogP contribution is -2.14. The van der Waals surface area contributed by atoms with Crippen LogP contribution >= 0.6 is 0 Å². The third-order valence-electron chi connectivity index (χ3n) is 4.13. The first-order chi connectivity index (χ1) is 16.4. The van der Waals surface area contributed by atoms with Crippen LogP contribution in [0.4, 0.5) is 15.3 Å². The van der Waals surface area contributed by atoms with Crippen LogP contribution in [0.1, 0.15) is 25.0 Å². The van der Waals surface area contributed by atoms with Gasteiger partial charge in [0, 0.05) is 12.1 Å². The summed E-state index contributed by atoms with van der Waals surface area (Å²) < 4.78 is 24.7. The highest BCUT2D eigenvalue weighted by molar-refractivity contribution is 5.98. The Bertz CT molecular complexity index is 1090. The Balaban J connectivity index is 2.16. The maximum Gasteiger partial charge on any atom is 0.513 e. The molecule has 10 nitrogen and oxygen atoms in total. The average molecular weight is 468 g/mol. The maximum absolute atomic E-state index is 12.3. The van der Waals surface area contributed by atoms with Gasteiger partial charge in [-0.3, -0.25) is 0 Å². The van der Waals surface area contributed by atoms with Gasteiger partial charge in [-0.2, -0.15) is 5.26 Å². The highest BCUT2D eigenvalue weighted by Gasteiger charge is 2.17. The number of anilines is 1. The molecule has 2 N–H and O–H groups in total. The Hall–Kier alpha value is -4.52. The normalized spacial score (nSPS) is 10.6. The van der Waals surface area contributed by atoms with Gasteiger partial charge in [-0.25, -0.2) is 14.4 Å². The lowest BCUT2D eigenvalue weighted by molar-refractivity contribution is -0.138. The molecular weight excluding hydrogens is 444 g/mol. The van der Waals surface area contributed by atoms with Gasteiger partial charge in [0.05, 0.1) is 19.8 Å². The molecule has 2 rings (SSSR count). The summed E-state index contributed by atoms with van der Waals surface area (Å²) in [5.41, 5.74) is 7.21. The van der Waals surface area contributed by atoms with Crippen LogP contribution in [0.25, 0.3) is 6.08 Å². The molecule has 0 radical (unpaired) electrons. The predicted octanol–water partition coefficient (Wildman–Crippen LogP) is 4.03. The molecule has 0 aliphatic carbocycles. The lowest BCUT2D eigenvalue weighted by atomic mass is 10.1. The summed E-state index contributed by atoms with van der Waals surface area (Å²) in [5, 5.41) is 9.40. The molecule has 0 saturated carbocycles. The quantitative estimate of drug-likeness (QED) is 0.143. The van der Waals surface area contributed by atoms with Crippen molar-refractivity contribution >= 4 is 30.0 Å². The van der Waals surface area contributed by atoms with Gasteiger partial charge in [0.25, 0.3) is 0 Å². The number of carbonyl (C=O) groups is 3. The van der Waals surface area contributed by atoms with E-state index < -0.39 is 18.3 Å². The van der Waals surface area contributed by atoms with E-state index in [0.29, 0.717) is 17.7 Å². The topological polar surface area (TPSA) is 147 Å². The van der Waals surface area contributed by atoms with E-state index in [1.165, 1.54) is 24.3 Å². The van der Waals surface area contributed by atoms with Gasteiger partial charge in [0.15, 0.2) is 11.5 Å². The van der Waals surface area contributed by atoms with Crippen LogP contribution in [-0.2, 0) is 25.4 Å². The van der Waals surface area contributed by atoms with Gasteiger partial charge in [-0.05, 0) is 55.3 Å². The molecule has 0 bridgehead atoms. The number of hydrogen-bond donors (Lipinski definition) is 1. The molecule has 0 spiro atoms. The van der Waals surface area contributed by atoms with Crippen LogP contribution in [0.3, 0.4) is 0 Å². The lowest BCUT2D eigenvalue weighted by Gasteiger charge is -2.11. The highest BCUT2D eigenvalue weighted by atomic mass is 16.7. The Kier molecular flexibility index (Phi) is 9.94. The molecule has 0 atom stereocenters. The SMILES string of the molecule is CCOC(=O)Oc1ccc(/C=C(\C#N)C(=O)OCCc2ccc(N)cc2)cc1OC(=O)OCC. The second-order valence-electron chi connectivity index (χ2n) is 6.57. The molecule has 0 heterocycles. The standard InChI is InChI=1S/C24H24N2O8/c1-3-30-23(28)33-20-10-7-17(14-21(20)34-24(29)31-4-2)13-18(15-25)22(27)32-12-11-16-5-8-19(26)9-6-16/h5-10,13-14H,3-4,11-12,26H2,1-2H3/b18-13+. The number of esters is 1. The van der Waals surface area contributed by atoms with Gasteiger partial charge >= 0.3 is 18.3 Å². The van der Waals surface area contributed by atoms with Crippen molar-refractivity contribution in [3.8, 4) is 17.6 Å². The first-order valence-electron chi connectivity index (χ1n) is 10.3. The number of hydrogen-bond acceptors (Lipinski definition) is 10. The first-order valence-corrected chi connectivity index (χ1v) is 10.3. The van der Waals surface area contributed by atoms with Crippen LogP contribution in [-0.4, -0.2) is 38.1 Å². The summed E-state index contributed by atoms with van der Waals surface area (Å²) in [4.78, 5) is 35.7. The number of benzene rings is 2. The van der Waals surface area contributed by atoms with Crippen molar-refractivity contribution in [1.29, 1.82) is 5.26 Å². The van der Waals surface area contributed by atoms with Crippen LogP contribution in [0.15, 0.2) is 48.0 Å². The number of ether oxygens (including phenoxy) is 5. The summed E-state index contributed by atoms with van der Waals surface area (Å²) in [7, 11) is 0. The molecule has 2 aromatic carbocycles.